The van der Waals surface area contributed by atoms with Crippen LogP contribution in [0.2, 0.25) is 0 Å². The fourth-order valence-corrected chi connectivity index (χ4v) is 2.29. The number of rotatable bonds is 4. The summed E-state index contributed by atoms with van der Waals surface area (Å²) in [6.45, 7) is 7.24. The van der Waals surface area contributed by atoms with Crippen molar-refractivity contribution in [2.45, 2.75) is 40.0 Å². The van der Waals surface area contributed by atoms with Crippen LogP contribution in [0.5, 0.6) is 0 Å². The minimum absolute atomic E-state index is 0.0647. The Hall–Kier alpha value is -2.20. The van der Waals surface area contributed by atoms with Crippen molar-refractivity contribution in [1.82, 2.24) is 0 Å². The maximum atomic E-state index is 12.0. The van der Waals surface area contributed by atoms with Gasteiger partial charge in [0, 0.05) is 12.1 Å². The van der Waals surface area contributed by atoms with Crippen molar-refractivity contribution in [2.24, 2.45) is 5.41 Å². The number of aliphatic hydroxyl groups is 1. The van der Waals surface area contributed by atoms with Gasteiger partial charge in [-0.1, -0.05) is 30.3 Å². The van der Waals surface area contributed by atoms with Crippen LogP contribution in [0.3, 0.4) is 0 Å². The minimum Gasteiger partial charge on any atom is -0.404 e. The van der Waals surface area contributed by atoms with Crippen molar-refractivity contribution in [3.8, 4) is 0 Å². The molecular weight excluding hydrogens is 290 g/mol. The zero-order chi connectivity index (χ0) is 17.1. The zero-order valence-electron chi connectivity index (χ0n) is 14.1. The molecule has 0 aliphatic heterocycles. The minimum atomic E-state index is -1.18. The third-order valence-corrected chi connectivity index (χ3v) is 3.72. The van der Waals surface area contributed by atoms with Gasteiger partial charge in [-0.2, -0.15) is 4.57 Å². The Balaban J connectivity index is 2.29. The normalized spacial score (nSPS) is 14.1. The Morgan fingerprint density at radius 3 is 2.26 bits per heavy atom. The van der Waals surface area contributed by atoms with Gasteiger partial charge in [-0.05, 0) is 39.3 Å². The van der Waals surface area contributed by atoms with E-state index in [1.54, 1.807) is 17.7 Å². The van der Waals surface area contributed by atoms with Crippen LogP contribution in [0.25, 0.3) is 0 Å². The van der Waals surface area contributed by atoms with Gasteiger partial charge in [0.2, 0.25) is 5.69 Å². The van der Waals surface area contributed by atoms with Crippen molar-refractivity contribution in [2.75, 3.05) is 0 Å². The first-order valence-corrected chi connectivity index (χ1v) is 7.67. The van der Waals surface area contributed by atoms with Gasteiger partial charge in [0.05, 0.1) is 5.41 Å². The number of pyridine rings is 1. The average Bonchev–Trinajstić information content (AvgIpc) is 2.52. The van der Waals surface area contributed by atoms with Gasteiger partial charge in [0.1, 0.15) is 0 Å². The van der Waals surface area contributed by atoms with Gasteiger partial charge in [0.15, 0.2) is 11.8 Å². The summed E-state index contributed by atoms with van der Waals surface area (Å²) >= 11 is 0. The van der Waals surface area contributed by atoms with E-state index in [9.17, 15) is 9.90 Å². The molecule has 0 saturated carbocycles. The summed E-state index contributed by atoms with van der Waals surface area (Å²) in [6, 6.07) is 15.0. The highest BCUT2D eigenvalue weighted by Gasteiger charge is 2.35. The molecule has 1 heterocycles. The lowest BCUT2D eigenvalue weighted by molar-refractivity contribution is -0.739. The van der Waals surface area contributed by atoms with Crippen LogP contribution < -0.4 is 4.57 Å². The van der Waals surface area contributed by atoms with E-state index in [1.807, 2.05) is 69.3 Å². The number of hydrogen-bond acceptors (Lipinski definition) is 3. The SMILES string of the molecule is CC(C)(C)C(=O)OC[n+]1ccccc1C(C)(O)c1ccccc1. The molecule has 0 spiro atoms. The average molecular weight is 314 g/mol. The van der Waals surface area contributed by atoms with Crippen LogP contribution in [0.4, 0.5) is 0 Å². The van der Waals surface area contributed by atoms with E-state index in [0.29, 0.717) is 5.69 Å². The van der Waals surface area contributed by atoms with Crippen LogP contribution in [0.15, 0.2) is 54.7 Å². The molecule has 1 atom stereocenters. The lowest BCUT2D eigenvalue weighted by Gasteiger charge is -2.22. The van der Waals surface area contributed by atoms with Crippen LogP contribution >= 0.6 is 0 Å². The third kappa shape index (κ3) is 3.96. The molecule has 0 aliphatic rings. The van der Waals surface area contributed by atoms with E-state index in [1.165, 1.54) is 0 Å². The number of esters is 1. The van der Waals surface area contributed by atoms with Crippen LogP contribution in [-0.4, -0.2) is 11.1 Å². The molecule has 0 bridgehead atoms. The maximum absolute atomic E-state index is 12.0. The molecule has 0 aliphatic carbocycles. The highest BCUT2D eigenvalue weighted by Crippen LogP contribution is 2.26. The molecule has 1 aromatic heterocycles. The fourth-order valence-electron chi connectivity index (χ4n) is 2.29. The summed E-state index contributed by atoms with van der Waals surface area (Å²) in [7, 11) is 0. The molecular formula is C19H24NO3+. The quantitative estimate of drug-likeness (QED) is 0.697. The molecule has 0 saturated heterocycles. The standard InChI is InChI=1S/C19H24NO3/c1-18(2,3)17(21)23-14-20-13-9-8-12-16(20)19(4,22)15-10-6-5-7-11-15/h5-13,22H,14H2,1-4H3/q+1. The predicted molar refractivity (Wildman–Crippen MR) is 87.3 cm³/mol. The van der Waals surface area contributed by atoms with Gasteiger partial charge >= 0.3 is 5.97 Å². The first kappa shape index (κ1) is 17.2. The number of carbonyl (C=O) groups excluding carboxylic acids is 1. The Morgan fingerprint density at radius 2 is 1.65 bits per heavy atom. The number of carbonyl (C=O) groups is 1. The van der Waals surface area contributed by atoms with Crippen LogP contribution in [0, 0.1) is 5.41 Å². The molecule has 23 heavy (non-hydrogen) atoms. The second-order valence-electron chi connectivity index (χ2n) is 6.80. The van der Waals surface area contributed by atoms with Gasteiger partial charge < -0.3 is 9.84 Å². The lowest BCUT2D eigenvalue weighted by Crippen LogP contribution is -2.47. The van der Waals surface area contributed by atoms with Crippen molar-refractivity contribution >= 4 is 5.97 Å². The van der Waals surface area contributed by atoms with Crippen LogP contribution in [-0.2, 0) is 21.9 Å². The zero-order valence-corrected chi connectivity index (χ0v) is 14.1. The van der Waals surface area contributed by atoms with Crippen molar-refractivity contribution in [1.29, 1.82) is 0 Å². The highest BCUT2D eigenvalue weighted by molar-refractivity contribution is 5.75. The van der Waals surface area contributed by atoms with Crippen molar-refractivity contribution in [3.63, 3.8) is 0 Å². The number of nitrogens with zero attached hydrogens (tertiary/aromatic N) is 1. The van der Waals surface area contributed by atoms with E-state index < -0.39 is 11.0 Å². The van der Waals surface area contributed by atoms with Gasteiger partial charge in [-0.3, -0.25) is 4.79 Å². The summed E-state index contributed by atoms with van der Waals surface area (Å²) in [4.78, 5) is 12.0. The maximum Gasteiger partial charge on any atom is 0.316 e. The van der Waals surface area contributed by atoms with E-state index in [0.717, 1.165) is 5.56 Å². The molecule has 122 valence electrons. The first-order chi connectivity index (χ1) is 10.7. The number of aromatic nitrogens is 1. The lowest BCUT2D eigenvalue weighted by atomic mass is 9.92. The Morgan fingerprint density at radius 1 is 1.04 bits per heavy atom. The molecule has 2 rings (SSSR count). The van der Waals surface area contributed by atoms with Gasteiger partial charge in [-0.15, -0.1) is 0 Å². The molecule has 4 nitrogen and oxygen atoms in total. The fraction of sp³-hybridized carbons (Fsp3) is 0.368. The number of benzene rings is 1. The second-order valence-corrected chi connectivity index (χ2v) is 6.80. The smallest absolute Gasteiger partial charge is 0.316 e. The molecule has 4 heteroatoms. The van der Waals surface area contributed by atoms with Crippen molar-refractivity contribution < 1.29 is 19.2 Å². The summed E-state index contributed by atoms with van der Waals surface area (Å²) < 4.78 is 7.12. The Bertz CT molecular complexity index is 673. The van der Waals surface area contributed by atoms with E-state index in [-0.39, 0.29) is 12.7 Å². The second kappa shape index (κ2) is 6.50. The predicted octanol–water partition coefficient (Wildman–Crippen LogP) is 2.78. The first-order valence-electron chi connectivity index (χ1n) is 7.67. The molecule has 0 radical (unpaired) electrons. The Kier molecular flexibility index (Phi) is 4.85. The van der Waals surface area contributed by atoms with Gasteiger partial charge in [0.25, 0.3) is 6.73 Å². The summed E-state index contributed by atoms with van der Waals surface area (Å²) in [5.74, 6) is -0.279. The summed E-state index contributed by atoms with van der Waals surface area (Å²) in [6.07, 6.45) is 1.79. The molecule has 0 fully saturated rings. The molecule has 1 aromatic carbocycles. The molecule has 2 aromatic rings. The Labute approximate surface area is 137 Å². The topological polar surface area (TPSA) is 50.4 Å². The van der Waals surface area contributed by atoms with Crippen LogP contribution in [0.1, 0.15) is 39.0 Å². The third-order valence-electron chi connectivity index (χ3n) is 3.72. The molecule has 0 amide bonds. The highest BCUT2D eigenvalue weighted by atomic mass is 16.5. The number of hydrogen-bond donors (Lipinski definition) is 1. The van der Waals surface area contributed by atoms with E-state index in [2.05, 4.69) is 0 Å². The molecule has 1 N–H and O–H groups in total. The number of ether oxygens (including phenoxy) is 1. The monoisotopic (exact) mass is 314 g/mol. The summed E-state index contributed by atoms with van der Waals surface area (Å²) in [5, 5.41) is 11.0. The van der Waals surface area contributed by atoms with Gasteiger partial charge in [-0.25, -0.2) is 0 Å². The van der Waals surface area contributed by atoms with E-state index >= 15 is 0 Å². The largest absolute Gasteiger partial charge is 0.404 e. The van der Waals surface area contributed by atoms with Crippen molar-refractivity contribution in [3.05, 3.63) is 66.0 Å². The summed E-state index contributed by atoms with van der Waals surface area (Å²) in [5.41, 5.74) is -0.302. The molecule has 1 unspecified atom stereocenters. The van der Waals surface area contributed by atoms with E-state index in [4.69, 9.17) is 4.74 Å².